The summed E-state index contributed by atoms with van der Waals surface area (Å²) in [5.41, 5.74) is 0.264. The Morgan fingerprint density at radius 2 is 1.96 bits per heavy atom. The minimum Gasteiger partial charge on any atom is -0.493 e. The van der Waals surface area contributed by atoms with Crippen LogP contribution in [0.15, 0.2) is 18.2 Å². The third-order valence-corrected chi connectivity index (χ3v) is 4.75. The van der Waals surface area contributed by atoms with E-state index in [2.05, 4.69) is 17.6 Å². The van der Waals surface area contributed by atoms with E-state index < -0.39 is 5.41 Å². The van der Waals surface area contributed by atoms with Crippen LogP contribution in [-0.4, -0.2) is 38.8 Å². The molecule has 5 nitrogen and oxygen atoms in total. The van der Waals surface area contributed by atoms with Gasteiger partial charge >= 0.3 is 0 Å². The fourth-order valence-electron chi connectivity index (χ4n) is 2.95. The zero-order valence-corrected chi connectivity index (χ0v) is 14.7. The monoisotopic (exact) mass is 320 g/mol. The van der Waals surface area contributed by atoms with E-state index in [9.17, 15) is 4.79 Å². The van der Waals surface area contributed by atoms with Gasteiger partial charge < -0.3 is 20.1 Å². The van der Waals surface area contributed by atoms with Crippen LogP contribution in [-0.2, 0) is 10.2 Å². The number of rotatable bonds is 5. The lowest BCUT2D eigenvalue weighted by Gasteiger charge is -2.34. The fourth-order valence-corrected chi connectivity index (χ4v) is 2.95. The normalized spacial score (nSPS) is 21.6. The minimum atomic E-state index is -0.642. The van der Waals surface area contributed by atoms with Crippen molar-refractivity contribution in [3.05, 3.63) is 23.8 Å². The molecule has 2 atom stereocenters. The molecule has 1 saturated heterocycles. The molecule has 0 aromatic heterocycles. The zero-order chi connectivity index (χ0) is 17.0. The van der Waals surface area contributed by atoms with E-state index in [0.29, 0.717) is 17.5 Å². The molecular weight excluding hydrogens is 292 g/mol. The summed E-state index contributed by atoms with van der Waals surface area (Å²) < 4.78 is 10.6. The summed E-state index contributed by atoms with van der Waals surface area (Å²) >= 11 is 0. The first-order valence-electron chi connectivity index (χ1n) is 8.17. The lowest BCUT2D eigenvalue weighted by Crippen LogP contribution is -2.55. The lowest BCUT2D eigenvalue weighted by atomic mass is 9.82. The van der Waals surface area contributed by atoms with Crippen LogP contribution in [0.1, 0.15) is 39.2 Å². The van der Waals surface area contributed by atoms with Crippen LogP contribution in [0, 0.1) is 0 Å². The highest BCUT2D eigenvalue weighted by molar-refractivity contribution is 5.87. The van der Waals surface area contributed by atoms with Crippen molar-refractivity contribution in [2.45, 2.75) is 51.1 Å². The smallest absolute Gasteiger partial charge is 0.230 e. The van der Waals surface area contributed by atoms with E-state index in [1.54, 1.807) is 14.2 Å². The van der Waals surface area contributed by atoms with E-state index in [1.165, 1.54) is 0 Å². The van der Waals surface area contributed by atoms with Crippen LogP contribution >= 0.6 is 0 Å². The number of benzene rings is 1. The fraction of sp³-hybridized carbons (Fsp3) is 0.611. The molecule has 1 amide bonds. The molecule has 5 heteroatoms. The van der Waals surface area contributed by atoms with E-state index in [-0.39, 0.29) is 11.9 Å². The Kier molecular flexibility index (Phi) is 5.52. The number of hydrogen-bond donors (Lipinski definition) is 2. The Balaban J connectivity index is 2.17. The third kappa shape index (κ3) is 3.78. The number of carbonyl (C=O) groups excluding carboxylic acids is 1. The number of piperidine rings is 1. The van der Waals surface area contributed by atoms with Crippen molar-refractivity contribution in [3.63, 3.8) is 0 Å². The molecule has 23 heavy (non-hydrogen) atoms. The Morgan fingerprint density at radius 3 is 2.57 bits per heavy atom. The van der Waals surface area contributed by atoms with Gasteiger partial charge in [-0.05, 0) is 57.9 Å². The molecule has 1 aromatic rings. The van der Waals surface area contributed by atoms with Gasteiger partial charge in [-0.1, -0.05) is 6.07 Å². The number of carbonyl (C=O) groups is 1. The summed E-state index contributed by atoms with van der Waals surface area (Å²) in [4.78, 5) is 12.8. The van der Waals surface area contributed by atoms with Gasteiger partial charge in [0.05, 0.1) is 19.6 Å². The van der Waals surface area contributed by atoms with Crippen molar-refractivity contribution in [2.75, 3.05) is 20.8 Å². The second kappa shape index (κ2) is 7.21. The molecule has 2 rings (SSSR count). The van der Waals surface area contributed by atoms with Crippen LogP contribution < -0.4 is 20.1 Å². The van der Waals surface area contributed by atoms with Crippen LogP contribution in [0.4, 0.5) is 0 Å². The molecule has 1 heterocycles. The van der Waals surface area contributed by atoms with Crippen molar-refractivity contribution < 1.29 is 14.3 Å². The highest BCUT2D eigenvalue weighted by Crippen LogP contribution is 2.33. The highest BCUT2D eigenvalue weighted by Gasteiger charge is 2.33. The van der Waals surface area contributed by atoms with Gasteiger partial charge in [-0.2, -0.15) is 0 Å². The molecule has 0 aliphatic carbocycles. The van der Waals surface area contributed by atoms with Crippen molar-refractivity contribution >= 4 is 5.91 Å². The predicted molar refractivity (Wildman–Crippen MR) is 91.2 cm³/mol. The Hall–Kier alpha value is -1.75. The van der Waals surface area contributed by atoms with Crippen molar-refractivity contribution in [1.82, 2.24) is 10.6 Å². The van der Waals surface area contributed by atoms with E-state index in [0.717, 1.165) is 24.9 Å². The second-order valence-corrected chi connectivity index (χ2v) is 6.66. The zero-order valence-electron chi connectivity index (χ0n) is 14.7. The second-order valence-electron chi connectivity index (χ2n) is 6.66. The number of amides is 1. The van der Waals surface area contributed by atoms with E-state index in [4.69, 9.17) is 9.47 Å². The SMILES string of the molecule is COc1ccc(C(C)(C)C(=O)NC2CCCNC2C)cc1OC. The van der Waals surface area contributed by atoms with Crippen LogP contribution in [0.2, 0.25) is 0 Å². The minimum absolute atomic E-state index is 0.0327. The summed E-state index contributed by atoms with van der Waals surface area (Å²) in [6.07, 6.45) is 2.11. The van der Waals surface area contributed by atoms with Crippen molar-refractivity contribution in [1.29, 1.82) is 0 Å². The first kappa shape index (κ1) is 17.6. The number of nitrogens with one attached hydrogen (secondary N) is 2. The molecule has 1 fully saturated rings. The standard InChI is InChI=1S/C18H28N2O3/c1-12-14(7-6-10-19-12)20-17(21)18(2,3)13-8-9-15(22-4)16(11-13)23-5/h8-9,11-12,14,19H,6-7,10H2,1-5H3,(H,20,21). The summed E-state index contributed by atoms with van der Waals surface area (Å²) in [7, 11) is 3.21. The Labute approximate surface area is 138 Å². The van der Waals surface area contributed by atoms with Gasteiger partial charge in [0, 0.05) is 12.1 Å². The van der Waals surface area contributed by atoms with Gasteiger partial charge in [0.25, 0.3) is 0 Å². The summed E-state index contributed by atoms with van der Waals surface area (Å²) in [6, 6.07) is 6.11. The van der Waals surface area contributed by atoms with Crippen LogP contribution in [0.5, 0.6) is 11.5 Å². The Morgan fingerprint density at radius 1 is 1.26 bits per heavy atom. The topological polar surface area (TPSA) is 59.6 Å². The summed E-state index contributed by atoms with van der Waals surface area (Å²) in [6.45, 7) is 7.01. The molecule has 0 saturated carbocycles. The van der Waals surface area contributed by atoms with Crippen molar-refractivity contribution in [2.24, 2.45) is 0 Å². The molecule has 1 aliphatic heterocycles. The summed E-state index contributed by atoms with van der Waals surface area (Å²) in [5.74, 6) is 1.33. The molecule has 128 valence electrons. The first-order chi connectivity index (χ1) is 10.9. The number of ether oxygens (including phenoxy) is 2. The van der Waals surface area contributed by atoms with E-state index in [1.807, 2.05) is 32.0 Å². The molecule has 1 aliphatic rings. The molecule has 1 aromatic carbocycles. The number of hydrogen-bond acceptors (Lipinski definition) is 4. The van der Waals surface area contributed by atoms with Gasteiger partial charge in [-0.3, -0.25) is 4.79 Å². The predicted octanol–water partition coefficient (Wildman–Crippen LogP) is 2.24. The molecule has 0 spiro atoms. The average molecular weight is 320 g/mol. The quantitative estimate of drug-likeness (QED) is 0.873. The maximum atomic E-state index is 12.8. The lowest BCUT2D eigenvalue weighted by molar-refractivity contribution is -0.126. The largest absolute Gasteiger partial charge is 0.493 e. The van der Waals surface area contributed by atoms with Gasteiger partial charge in [0.1, 0.15) is 0 Å². The van der Waals surface area contributed by atoms with Crippen LogP contribution in [0.3, 0.4) is 0 Å². The third-order valence-electron chi connectivity index (χ3n) is 4.75. The number of methoxy groups -OCH3 is 2. The maximum Gasteiger partial charge on any atom is 0.230 e. The summed E-state index contributed by atoms with van der Waals surface area (Å²) in [5, 5.41) is 6.61. The molecule has 0 bridgehead atoms. The van der Waals surface area contributed by atoms with E-state index >= 15 is 0 Å². The van der Waals surface area contributed by atoms with Gasteiger partial charge in [-0.15, -0.1) is 0 Å². The van der Waals surface area contributed by atoms with Crippen molar-refractivity contribution in [3.8, 4) is 11.5 Å². The molecule has 2 unspecified atom stereocenters. The average Bonchev–Trinajstić information content (AvgIpc) is 2.56. The molecule has 0 radical (unpaired) electrons. The van der Waals surface area contributed by atoms with Crippen LogP contribution in [0.25, 0.3) is 0 Å². The van der Waals surface area contributed by atoms with Gasteiger partial charge in [0.15, 0.2) is 11.5 Å². The highest BCUT2D eigenvalue weighted by atomic mass is 16.5. The van der Waals surface area contributed by atoms with Gasteiger partial charge in [0.2, 0.25) is 5.91 Å². The maximum absolute atomic E-state index is 12.8. The van der Waals surface area contributed by atoms with Gasteiger partial charge in [-0.25, -0.2) is 0 Å². The molecular formula is C18H28N2O3. The first-order valence-corrected chi connectivity index (χ1v) is 8.17. The molecule has 2 N–H and O–H groups in total. The Bertz CT molecular complexity index is 557.